The summed E-state index contributed by atoms with van der Waals surface area (Å²) in [5.41, 5.74) is 0.629. The van der Waals surface area contributed by atoms with Crippen LogP contribution in [0.1, 0.15) is 0 Å². The Labute approximate surface area is 120 Å². The number of carbonyl (C=O) groups excluding carboxylic acids is 1. The van der Waals surface area contributed by atoms with Crippen molar-refractivity contribution in [2.24, 2.45) is 0 Å². The zero-order chi connectivity index (χ0) is 10.8. The van der Waals surface area contributed by atoms with E-state index in [1.807, 2.05) is 0 Å². The number of aromatic nitrogens is 2. The minimum absolute atomic E-state index is 0. The van der Waals surface area contributed by atoms with Crippen molar-refractivity contribution in [2.75, 3.05) is 5.75 Å². The molecule has 0 aromatic carbocycles. The van der Waals surface area contributed by atoms with Crippen molar-refractivity contribution in [2.45, 2.75) is 4.34 Å². The molecule has 2 aromatic heterocycles. The van der Waals surface area contributed by atoms with Gasteiger partial charge in [0.2, 0.25) is 0 Å². The molecule has 16 heavy (non-hydrogen) atoms. The molecule has 0 fully saturated rings. The average Bonchev–Trinajstić information content (AvgIpc) is 2.59. The van der Waals surface area contributed by atoms with E-state index >= 15 is 0 Å². The maximum atomic E-state index is 11.4. The third-order valence-corrected chi connectivity index (χ3v) is 4.15. The summed E-state index contributed by atoms with van der Waals surface area (Å²) in [5.74, 6) is -1.87. The van der Waals surface area contributed by atoms with E-state index in [2.05, 4.69) is 9.97 Å². The van der Waals surface area contributed by atoms with Gasteiger partial charge in [-0.15, -0.1) is 0 Å². The average molecular weight is 264 g/mol. The Morgan fingerprint density at radius 1 is 1.56 bits per heavy atom. The number of rotatable bonds is 3. The van der Waals surface area contributed by atoms with Gasteiger partial charge in [0.1, 0.15) is 10.3 Å². The third kappa shape index (κ3) is 3.08. The van der Waals surface area contributed by atoms with E-state index in [0.29, 0.717) is 10.3 Å². The summed E-state index contributed by atoms with van der Waals surface area (Å²) in [6.45, 7) is 0. The second kappa shape index (κ2) is 5.83. The number of fused-ring (bicyclic) bond motifs is 1. The molecule has 0 spiro atoms. The van der Waals surface area contributed by atoms with Crippen molar-refractivity contribution in [3.05, 3.63) is 18.3 Å². The fourth-order valence-electron chi connectivity index (χ4n) is 1.02. The van der Waals surface area contributed by atoms with Crippen molar-refractivity contribution in [3.8, 4) is 0 Å². The molecule has 2 aromatic rings. The predicted octanol–water partition coefficient (Wildman–Crippen LogP) is -3.45. The normalized spacial score (nSPS) is 12.0. The van der Waals surface area contributed by atoms with E-state index in [9.17, 15) is 14.1 Å². The number of carbonyl (C=O) groups is 1. The Morgan fingerprint density at radius 2 is 2.31 bits per heavy atom. The maximum absolute atomic E-state index is 11.4. The first-order valence-electron chi connectivity index (χ1n) is 3.96. The topological polar surface area (TPSA) is 83.0 Å². The minimum atomic E-state index is -1.64. The molecule has 1 unspecified atom stereocenters. The molecule has 2 rings (SSSR count). The zero-order valence-electron chi connectivity index (χ0n) is 8.37. The second-order valence-electron chi connectivity index (χ2n) is 2.67. The molecule has 8 heteroatoms. The summed E-state index contributed by atoms with van der Waals surface area (Å²) in [7, 11) is -1.64. The van der Waals surface area contributed by atoms with Gasteiger partial charge >= 0.3 is 29.6 Å². The Balaban J connectivity index is 0.00000128. The van der Waals surface area contributed by atoms with Crippen LogP contribution in [0.2, 0.25) is 0 Å². The quantitative estimate of drug-likeness (QED) is 0.538. The van der Waals surface area contributed by atoms with Gasteiger partial charge < -0.3 is 9.90 Å². The Morgan fingerprint density at radius 3 is 2.94 bits per heavy atom. The number of hydrogen-bond acceptors (Lipinski definition) is 6. The summed E-state index contributed by atoms with van der Waals surface area (Å²) in [6, 6.07) is 3.45. The molecular formula is C8H5N2NaO3S2. The maximum Gasteiger partial charge on any atom is 1.00 e. The SMILES string of the molecule is O=C([O-])CS(=O)c1nc2cccnc2s1.[Na+]. The van der Waals surface area contributed by atoms with Gasteiger partial charge in [-0.3, -0.25) is 4.21 Å². The van der Waals surface area contributed by atoms with Gasteiger partial charge in [0.25, 0.3) is 0 Å². The van der Waals surface area contributed by atoms with Gasteiger partial charge in [-0.05, 0) is 12.1 Å². The smallest absolute Gasteiger partial charge is 0.549 e. The fourth-order valence-corrected chi connectivity index (χ4v) is 2.98. The first kappa shape index (κ1) is 13.7. The van der Waals surface area contributed by atoms with Crippen molar-refractivity contribution in [1.29, 1.82) is 0 Å². The van der Waals surface area contributed by atoms with E-state index in [0.717, 1.165) is 11.3 Å². The predicted molar refractivity (Wildman–Crippen MR) is 53.7 cm³/mol. The molecule has 0 saturated heterocycles. The molecule has 0 saturated carbocycles. The van der Waals surface area contributed by atoms with Crippen LogP contribution in [0.15, 0.2) is 22.7 Å². The van der Waals surface area contributed by atoms with Gasteiger partial charge in [-0.1, -0.05) is 11.3 Å². The fraction of sp³-hybridized carbons (Fsp3) is 0.125. The first-order valence-corrected chi connectivity index (χ1v) is 6.10. The number of aliphatic carboxylic acids is 1. The third-order valence-electron chi connectivity index (χ3n) is 1.59. The van der Waals surface area contributed by atoms with Crippen molar-refractivity contribution in [1.82, 2.24) is 9.97 Å². The largest absolute Gasteiger partial charge is 1.00 e. The molecule has 78 valence electrons. The summed E-state index contributed by atoms with van der Waals surface area (Å²) in [6.07, 6.45) is 1.60. The molecule has 1 atom stereocenters. The van der Waals surface area contributed by atoms with Crippen LogP contribution in [0.3, 0.4) is 0 Å². The van der Waals surface area contributed by atoms with Crippen LogP contribution in [0.5, 0.6) is 0 Å². The molecule has 0 N–H and O–H groups in total. The molecule has 2 heterocycles. The van der Waals surface area contributed by atoms with Crippen molar-refractivity contribution >= 4 is 38.5 Å². The Hall–Kier alpha value is -0.340. The molecular weight excluding hydrogens is 259 g/mol. The molecule has 0 amide bonds. The van der Waals surface area contributed by atoms with E-state index < -0.39 is 22.5 Å². The summed E-state index contributed by atoms with van der Waals surface area (Å²) in [5, 5.41) is 10.3. The van der Waals surface area contributed by atoms with E-state index in [-0.39, 0.29) is 33.9 Å². The van der Waals surface area contributed by atoms with Crippen LogP contribution in [0, 0.1) is 0 Å². The Bertz CT molecular complexity index is 510. The number of carboxylic acid groups (broad SMARTS) is 1. The van der Waals surface area contributed by atoms with Crippen LogP contribution in [-0.2, 0) is 15.6 Å². The summed E-state index contributed by atoms with van der Waals surface area (Å²) >= 11 is 1.13. The van der Waals surface area contributed by atoms with Crippen LogP contribution in [-0.4, -0.2) is 25.9 Å². The molecule has 0 aliphatic rings. The minimum Gasteiger partial charge on any atom is -0.549 e. The van der Waals surface area contributed by atoms with Gasteiger partial charge in [-0.2, -0.15) is 0 Å². The number of pyridine rings is 1. The van der Waals surface area contributed by atoms with Crippen LogP contribution >= 0.6 is 11.3 Å². The Kier molecular flexibility index (Phi) is 5.00. The van der Waals surface area contributed by atoms with Gasteiger partial charge in [0.15, 0.2) is 4.34 Å². The second-order valence-corrected chi connectivity index (χ2v) is 5.27. The summed E-state index contributed by atoms with van der Waals surface area (Å²) < 4.78 is 11.7. The van der Waals surface area contributed by atoms with Crippen LogP contribution in [0.25, 0.3) is 10.3 Å². The molecule has 0 aliphatic carbocycles. The van der Waals surface area contributed by atoms with Crippen LogP contribution in [0.4, 0.5) is 0 Å². The molecule has 0 bridgehead atoms. The molecule has 5 nitrogen and oxygen atoms in total. The van der Waals surface area contributed by atoms with E-state index in [1.54, 1.807) is 18.3 Å². The number of nitrogens with zero attached hydrogens (tertiary/aromatic N) is 2. The van der Waals surface area contributed by atoms with E-state index in [1.165, 1.54) is 0 Å². The van der Waals surface area contributed by atoms with Crippen molar-refractivity contribution < 1.29 is 43.7 Å². The summed E-state index contributed by atoms with van der Waals surface area (Å²) in [4.78, 5) is 19.0. The number of carboxylic acids is 1. The monoisotopic (exact) mass is 264 g/mol. The number of hydrogen-bond donors (Lipinski definition) is 0. The molecule has 0 radical (unpaired) electrons. The van der Waals surface area contributed by atoms with Crippen molar-refractivity contribution in [3.63, 3.8) is 0 Å². The first-order chi connectivity index (χ1) is 7.16. The van der Waals surface area contributed by atoms with Crippen LogP contribution < -0.4 is 34.7 Å². The van der Waals surface area contributed by atoms with Gasteiger partial charge in [-0.25, -0.2) is 9.97 Å². The van der Waals surface area contributed by atoms with Gasteiger partial charge in [0.05, 0.1) is 22.5 Å². The number of thiazole rings is 1. The molecule has 0 aliphatic heterocycles. The standard InChI is InChI=1S/C8H6N2O3S2.Na/c11-6(12)4-15(13)8-10-5-2-1-3-9-7(5)14-8;/h1-3H,4H2,(H,11,12);/q;+1/p-1. The zero-order valence-corrected chi connectivity index (χ0v) is 12.0. The van der Waals surface area contributed by atoms with Gasteiger partial charge in [0, 0.05) is 6.20 Å². The van der Waals surface area contributed by atoms with E-state index in [4.69, 9.17) is 0 Å².